The highest BCUT2D eigenvalue weighted by Crippen LogP contribution is 2.30. The molecule has 0 aliphatic carbocycles. The van der Waals surface area contributed by atoms with Crippen molar-refractivity contribution in [2.75, 3.05) is 13.1 Å². The van der Waals surface area contributed by atoms with Crippen LogP contribution in [0.25, 0.3) is 0 Å². The Labute approximate surface area is 110 Å². The molecule has 1 aromatic rings. The molecule has 5 heteroatoms. The quantitative estimate of drug-likeness (QED) is 0.907. The zero-order chi connectivity index (χ0) is 13.3. The summed E-state index contributed by atoms with van der Waals surface area (Å²) >= 11 is 1.67. The molecule has 1 amide bonds. The highest BCUT2D eigenvalue weighted by Gasteiger charge is 2.37. The van der Waals surface area contributed by atoms with Crippen LogP contribution in [0, 0.1) is 5.92 Å². The Bertz CT molecular complexity index is 453. The maximum atomic E-state index is 11.8. The van der Waals surface area contributed by atoms with Crippen LogP contribution < -0.4 is 0 Å². The largest absolute Gasteiger partial charge is 0.481 e. The van der Waals surface area contributed by atoms with Crippen molar-refractivity contribution in [3.63, 3.8) is 0 Å². The Hall–Kier alpha value is -1.36. The van der Waals surface area contributed by atoms with Gasteiger partial charge in [-0.2, -0.15) is 0 Å². The van der Waals surface area contributed by atoms with E-state index in [0.717, 1.165) is 0 Å². The van der Waals surface area contributed by atoms with E-state index < -0.39 is 11.9 Å². The van der Waals surface area contributed by atoms with E-state index in [0.29, 0.717) is 13.1 Å². The molecular weight excluding hydrogens is 250 g/mol. The molecule has 2 rings (SSSR count). The molecule has 0 aromatic carbocycles. The molecule has 4 nitrogen and oxygen atoms in total. The number of carboxylic acids is 1. The molecule has 1 aliphatic rings. The van der Waals surface area contributed by atoms with Crippen molar-refractivity contribution in [3.8, 4) is 0 Å². The number of carbonyl (C=O) groups excluding carboxylic acids is 1. The topological polar surface area (TPSA) is 57.6 Å². The van der Waals surface area contributed by atoms with Gasteiger partial charge in [-0.05, 0) is 11.4 Å². The Morgan fingerprint density at radius 2 is 2.33 bits per heavy atom. The van der Waals surface area contributed by atoms with Gasteiger partial charge in [-0.15, -0.1) is 11.3 Å². The highest BCUT2D eigenvalue weighted by molar-refractivity contribution is 7.10. The van der Waals surface area contributed by atoms with Crippen LogP contribution in [0.5, 0.6) is 0 Å². The second-order valence-electron chi connectivity index (χ2n) is 5.37. The second-order valence-corrected chi connectivity index (χ2v) is 6.32. The summed E-state index contributed by atoms with van der Waals surface area (Å²) in [5.74, 6) is -1.47. The van der Waals surface area contributed by atoms with Gasteiger partial charge >= 0.3 is 5.97 Å². The Kier molecular flexibility index (Phi) is 3.43. The molecule has 0 spiro atoms. The van der Waals surface area contributed by atoms with Gasteiger partial charge in [-0.1, -0.05) is 19.9 Å². The van der Waals surface area contributed by atoms with Crippen molar-refractivity contribution in [2.24, 2.45) is 5.92 Å². The summed E-state index contributed by atoms with van der Waals surface area (Å²) in [6.45, 7) is 5.08. The molecule has 1 aromatic heterocycles. The minimum absolute atomic E-state index is 0.0490. The Balaban J connectivity index is 2.06. The lowest BCUT2D eigenvalue weighted by atomic mass is 9.91. The van der Waals surface area contributed by atoms with E-state index in [1.807, 2.05) is 11.4 Å². The average molecular weight is 267 g/mol. The molecule has 1 saturated heterocycles. The van der Waals surface area contributed by atoms with Crippen LogP contribution in [-0.2, 0) is 15.0 Å². The van der Waals surface area contributed by atoms with Crippen molar-refractivity contribution < 1.29 is 14.7 Å². The zero-order valence-corrected chi connectivity index (χ0v) is 11.4. The molecule has 0 radical (unpaired) electrons. The van der Waals surface area contributed by atoms with Crippen molar-refractivity contribution in [1.29, 1.82) is 0 Å². The normalized spacial score (nSPS) is 20.4. The number of likely N-dealkylation sites (tertiary alicyclic amines) is 1. The number of hydrogen-bond donors (Lipinski definition) is 1. The number of carbonyl (C=O) groups is 2. The third-order valence-corrected chi connectivity index (χ3v) is 4.57. The first-order chi connectivity index (χ1) is 8.40. The third kappa shape index (κ3) is 2.56. The van der Waals surface area contributed by atoms with Crippen LogP contribution in [-0.4, -0.2) is 35.0 Å². The van der Waals surface area contributed by atoms with Crippen LogP contribution in [0.2, 0.25) is 0 Å². The van der Waals surface area contributed by atoms with Crippen LogP contribution in [0.15, 0.2) is 17.5 Å². The van der Waals surface area contributed by atoms with E-state index in [1.54, 1.807) is 16.2 Å². The lowest BCUT2D eigenvalue weighted by Gasteiger charge is -2.29. The number of rotatable bonds is 4. The molecule has 1 fully saturated rings. The van der Waals surface area contributed by atoms with E-state index in [2.05, 4.69) is 19.9 Å². The van der Waals surface area contributed by atoms with E-state index in [9.17, 15) is 9.59 Å². The fourth-order valence-corrected chi connectivity index (χ4v) is 3.15. The van der Waals surface area contributed by atoms with Crippen molar-refractivity contribution in [1.82, 2.24) is 4.90 Å². The predicted molar refractivity (Wildman–Crippen MR) is 69.7 cm³/mol. The minimum atomic E-state index is -0.875. The molecular formula is C13H17NO3S. The minimum Gasteiger partial charge on any atom is -0.481 e. The van der Waals surface area contributed by atoms with E-state index in [-0.39, 0.29) is 17.7 Å². The van der Waals surface area contributed by atoms with Crippen LogP contribution in [0.1, 0.15) is 25.1 Å². The summed E-state index contributed by atoms with van der Waals surface area (Å²) in [4.78, 5) is 25.6. The van der Waals surface area contributed by atoms with Crippen LogP contribution >= 0.6 is 11.3 Å². The van der Waals surface area contributed by atoms with Gasteiger partial charge in [0.15, 0.2) is 0 Å². The van der Waals surface area contributed by atoms with Gasteiger partial charge in [0.2, 0.25) is 5.91 Å². The van der Waals surface area contributed by atoms with E-state index in [1.165, 1.54) is 4.88 Å². The van der Waals surface area contributed by atoms with E-state index in [4.69, 9.17) is 5.11 Å². The fraction of sp³-hybridized carbons (Fsp3) is 0.538. The number of aliphatic carboxylic acids is 1. The van der Waals surface area contributed by atoms with Gasteiger partial charge < -0.3 is 10.0 Å². The molecule has 18 heavy (non-hydrogen) atoms. The average Bonchev–Trinajstić information content (AvgIpc) is 2.88. The molecule has 0 saturated carbocycles. The lowest BCUT2D eigenvalue weighted by Crippen LogP contribution is -2.37. The van der Waals surface area contributed by atoms with Crippen LogP contribution in [0.3, 0.4) is 0 Å². The summed E-state index contributed by atoms with van der Waals surface area (Å²) in [6.07, 6.45) is 0.135. The van der Waals surface area contributed by atoms with Crippen LogP contribution in [0.4, 0.5) is 0 Å². The summed E-state index contributed by atoms with van der Waals surface area (Å²) in [5, 5.41) is 11.0. The molecule has 1 atom stereocenters. The first kappa shape index (κ1) is 13.1. The number of hydrogen-bond acceptors (Lipinski definition) is 3. The highest BCUT2D eigenvalue weighted by atomic mass is 32.1. The molecule has 2 heterocycles. The molecule has 1 unspecified atom stereocenters. The summed E-state index contributed by atoms with van der Waals surface area (Å²) in [6, 6.07) is 4.05. The summed E-state index contributed by atoms with van der Waals surface area (Å²) in [7, 11) is 0. The van der Waals surface area contributed by atoms with Gasteiger partial charge in [0.05, 0.1) is 5.92 Å². The van der Waals surface area contributed by atoms with Gasteiger partial charge in [-0.25, -0.2) is 0 Å². The van der Waals surface area contributed by atoms with Gasteiger partial charge in [0.1, 0.15) is 0 Å². The van der Waals surface area contributed by atoms with Crippen molar-refractivity contribution in [2.45, 2.75) is 25.7 Å². The smallest absolute Gasteiger partial charge is 0.308 e. The summed E-state index contributed by atoms with van der Waals surface area (Å²) in [5.41, 5.74) is -0.128. The number of thiophene rings is 1. The molecule has 1 aliphatic heterocycles. The molecule has 0 bridgehead atoms. The molecule has 1 N–H and O–H groups in total. The number of carboxylic acid groups (broad SMARTS) is 1. The van der Waals surface area contributed by atoms with Gasteiger partial charge in [0, 0.05) is 29.8 Å². The lowest BCUT2D eigenvalue weighted by molar-refractivity contribution is -0.141. The monoisotopic (exact) mass is 267 g/mol. The first-order valence-electron chi connectivity index (χ1n) is 5.95. The van der Waals surface area contributed by atoms with E-state index >= 15 is 0 Å². The SMILES string of the molecule is CC(C)(CN1CC(C(=O)O)CC1=O)c1cccs1. The predicted octanol–water partition coefficient (Wildman–Crippen LogP) is 1.96. The summed E-state index contributed by atoms with van der Waals surface area (Å²) < 4.78 is 0. The van der Waals surface area contributed by atoms with Crippen molar-refractivity contribution in [3.05, 3.63) is 22.4 Å². The zero-order valence-electron chi connectivity index (χ0n) is 10.5. The van der Waals surface area contributed by atoms with Crippen molar-refractivity contribution >= 4 is 23.2 Å². The second kappa shape index (κ2) is 4.72. The first-order valence-corrected chi connectivity index (χ1v) is 6.83. The number of amides is 1. The molecule has 98 valence electrons. The standard InChI is InChI=1S/C13H17NO3S/c1-13(2,10-4-3-5-18-10)8-14-7-9(12(16)17)6-11(14)15/h3-5,9H,6-8H2,1-2H3,(H,16,17). The fourth-order valence-electron chi connectivity index (χ4n) is 2.31. The Morgan fingerprint density at radius 3 is 2.83 bits per heavy atom. The number of nitrogens with zero attached hydrogens (tertiary/aromatic N) is 1. The third-order valence-electron chi connectivity index (χ3n) is 3.34. The maximum Gasteiger partial charge on any atom is 0.308 e. The van der Waals surface area contributed by atoms with Gasteiger partial charge in [0.25, 0.3) is 0 Å². The maximum absolute atomic E-state index is 11.8. The Morgan fingerprint density at radius 1 is 1.61 bits per heavy atom. The van der Waals surface area contributed by atoms with Gasteiger partial charge in [-0.3, -0.25) is 9.59 Å².